The fraction of sp³-hybridized carbons (Fsp3) is 0.308. The average molecular weight is 301 g/mol. The SMILES string of the molecule is COC(=O)C[C@@H](NC(=O)c1ccc(F)cc1F)C(=O)OC. The monoisotopic (exact) mass is 301 g/mol. The number of hydrogen-bond acceptors (Lipinski definition) is 5. The Kier molecular flexibility index (Phi) is 5.77. The zero-order valence-corrected chi connectivity index (χ0v) is 11.3. The number of halogens is 2. The van der Waals surface area contributed by atoms with Crippen LogP contribution in [0.3, 0.4) is 0 Å². The maximum Gasteiger partial charge on any atom is 0.328 e. The van der Waals surface area contributed by atoms with E-state index in [1.807, 2.05) is 0 Å². The van der Waals surface area contributed by atoms with E-state index in [0.717, 1.165) is 26.4 Å². The topological polar surface area (TPSA) is 81.7 Å². The highest BCUT2D eigenvalue weighted by Gasteiger charge is 2.26. The lowest BCUT2D eigenvalue weighted by atomic mass is 10.1. The number of nitrogens with one attached hydrogen (secondary N) is 1. The predicted molar refractivity (Wildman–Crippen MR) is 66.3 cm³/mol. The molecule has 0 radical (unpaired) electrons. The molecule has 0 unspecified atom stereocenters. The lowest BCUT2D eigenvalue weighted by Crippen LogP contribution is -2.43. The smallest absolute Gasteiger partial charge is 0.328 e. The first-order valence-corrected chi connectivity index (χ1v) is 5.79. The number of carbonyl (C=O) groups excluding carboxylic acids is 3. The molecule has 0 aliphatic heterocycles. The normalized spacial score (nSPS) is 11.4. The van der Waals surface area contributed by atoms with Crippen LogP contribution in [0.1, 0.15) is 16.8 Å². The van der Waals surface area contributed by atoms with E-state index in [9.17, 15) is 23.2 Å². The Bertz CT molecular complexity index is 561. The van der Waals surface area contributed by atoms with E-state index in [-0.39, 0.29) is 0 Å². The molecule has 21 heavy (non-hydrogen) atoms. The van der Waals surface area contributed by atoms with E-state index in [4.69, 9.17) is 0 Å². The molecule has 1 rings (SSSR count). The summed E-state index contributed by atoms with van der Waals surface area (Å²) in [6, 6.07) is 1.01. The number of carbonyl (C=O) groups is 3. The van der Waals surface area contributed by atoms with Crippen LogP contribution >= 0.6 is 0 Å². The van der Waals surface area contributed by atoms with Gasteiger partial charge in [-0.05, 0) is 12.1 Å². The second kappa shape index (κ2) is 7.32. The van der Waals surface area contributed by atoms with Gasteiger partial charge in [0.05, 0.1) is 26.2 Å². The van der Waals surface area contributed by atoms with Crippen molar-refractivity contribution in [1.29, 1.82) is 0 Å². The van der Waals surface area contributed by atoms with Crippen molar-refractivity contribution >= 4 is 17.8 Å². The molecule has 0 heterocycles. The van der Waals surface area contributed by atoms with Crippen LogP contribution in [0.5, 0.6) is 0 Å². The van der Waals surface area contributed by atoms with Gasteiger partial charge in [-0.15, -0.1) is 0 Å². The fourth-order valence-corrected chi connectivity index (χ4v) is 1.50. The van der Waals surface area contributed by atoms with Crippen LogP contribution in [0.15, 0.2) is 18.2 Å². The van der Waals surface area contributed by atoms with Crippen molar-refractivity contribution in [2.24, 2.45) is 0 Å². The van der Waals surface area contributed by atoms with Crippen LogP contribution in [-0.2, 0) is 19.1 Å². The minimum absolute atomic E-state index is 0.463. The number of rotatable bonds is 5. The summed E-state index contributed by atoms with van der Waals surface area (Å²) in [6.07, 6.45) is -0.474. The maximum absolute atomic E-state index is 13.5. The minimum atomic E-state index is -1.33. The molecule has 0 saturated heterocycles. The molecular weight excluding hydrogens is 288 g/mol. The van der Waals surface area contributed by atoms with E-state index >= 15 is 0 Å². The van der Waals surface area contributed by atoms with E-state index in [0.29, 0.717) is 6.07 Å². The quantitative estimate of drug-likeness (QED) is 0.814. The van der Waals surface area contributed by atoms with Crippen LogP contribution in [0, 0.1) is 11.6 Å². The summed E-state index contributed by atoms with van der Waals surface area (Å²) in [4.78, 5) is 34.5. The summed E-state index contributed by atoms with van der Waals surface area (Å²) >= 11 is 0. The molecule has 1 aromatic carbocycles. The standard InChI is InChI=1S/C13H13F2NO5/c1-20-11(17)6-10(13(19)21-2)16-12(18)8-4-3-7(14)5-9(8)15/h3-5,10H,6H2,1-2H3,(H,16,18)/t10-/m1/s1. The largest absolute Gasteiger partial charge is 0.469 e. The molecule has 114 valence electrons. The van der Waals surface area contributed by atoms with Crippen LogP contribution in [-0.4, -0.2) is 38.1 Å². The maximum atomic E-state index is 13.5. The third-order valence-corrected chi connectivity index (χ3v) is 2.57. The predicted octanol–water partition coefficient (Wildman–Crippen LogP) is 0.799. The number of ether oxygens (including phenoxy) is 2. The first-order valence-electron chi connectivity index (χ1n) is 5.79. The van der Waals surface area contributed by atoms with Crippen LogP contribution < -0.4 is 5.32 Å². The molecule has 1 atom stereocenters. The van der Waals surface area contributed by atoms with E-state index < -0.39 is 47.5 Å². The number of esters is 2. The highest BCUT2D eigenvalue weighted by atomic mass is 19.1. The zero-order chi connectivity index (χ0) is 16.0. The van der Waals surface area contributed by atoms with Gasteiger partial charge in [0.2, 0.25) is 0 Å². The molecule has 8 heteroatoms. The second-order valence-corrected chi connectivity index (χ2v) is 3.95. The van der Waals surface area contributed by atoms with Gasteiger partial charge in [-0.25, -0.2) is 13.6 Å². The molecular formula is C13H13F2NO5. The van der Waals surface area contributed by atoms with Crippen molar-refractivity contribution < 1.29 is 32.6 Å². The molecule has 1 aromatic rings. The van der Waals surface area contributed by atoms with Gasteiger partial charge in [0, 0.05) is 6.07 Å². The number of hydrogen-bond donors (Lipinski definition) is 1. The Morgan fingerprint density at radius 2 is 1.86 bits per heavy atom. The Labute approximate surface area is 119 Å². The number of amides is 1. The molecule has 0 aliphatic carbocycles. The molecule has 0 spiro atoms. The Hall–Kier alpha value is -2.51. The van der Waals surface area contributed by atoms with E-state index in [2.05, 4.69) is 14.8 Å². The van der Waals surface area contributed by atoms with Gasteiger partial charge in [-0.2, -0.15) is 0 Å². The Balaban J connectivity index is 2.89. The summed E-state index contributed by atoms with van der Waals surface area (Å²) in [5.74, 6) is -4.56. The van der Waals surface area contributed by atoms with Gasteiger partial charge in [0.1, 0.15) is 17.7 Å². The third-order valence-electron chi connectivity index (χ3n) is 2.57. The third kappa shape index (κ3) is 4.51. The van der Waals surface area contributed by atoms with Crippen molar-refractivity contribution in [1.82, 2.24) is 5.32 Å². The first-order chi connectivity index (χ1) is 9.88. The molecule has 0 saturated carbocycles. The van der Waals surface area contributed by atoms with Gasteiger partial charge < -0.3 is 14.8 Å². The van der Waals surface area contributed by atoms with E-state index in [1.54, 1.807) is 0 Å². The van der Waals surface area contributed by atoms with Crippen LogP contribution in [0.2, 0.25) is 0 Å². The van der Waals surface area contributed by atoms with Gasteiger partial charge in [0.25, 0.3) is 5.91 Å². The van der Waals surface area contributed by atoms with Gasteiger partial charge in [-0.1, -0.05) is 0 Å². The molecule has 1 amide bonds. The molecule has 0 fully saturated rings. The van der Waals surface area contributed by atoms with Crippen molar-refractivity contribution in [3.8, 4) is 0 Å². The van der Waals surface area contributed by atoms with Crippen molar-refractivity contribution in [3.63, 3.8) is 0 Å². The Morgan fingerprint density at radius 3 is 2.38 bits per heavy atom. The molecule has 0 aromatic heterocycles. The summed E-state index contributed by atoms with van der Waals surface area (Å²) < 4.78 is 35.0. The molecule has 6 nitrogen and oxygen atoms in total. The lowest BCUT2D eigenvalue weighted by Gasteiger charge is -2.15. The summed E-state index contributed by atoms with van der Waals surface area (Å²) in [7, 11) is 2.18. The number of methoxy groups -OCH3 is 2. The van der Waals surface area contributed by atoms with Crippen molar-refractivity contribution in [2.75, 3.05) is 14.2 Å². The van der Waals surface area contributed by atoms with Gasteiger partial charge in [0.15, 0.2) is 0 Å². The fourth-order valence-electron chi connectivity index (χ4n) is 1.50. The lowest BCUT2D eigenvalue weighted by molar-refractivity contribution is -0.149. The van der Waals surface area contributed by atoms with Crippen molar-refractivity contribution in [2.45, 2.75) is 12.5 Å². The van der Waals surface area contributed by atoms with Crippen LogP contribution in [0.4, 0.5) is 8.78 Å². The summed E-state index contributed by atoms with van der Waals surface area (Å²) in [5.41, 5.74) is -0.463. The number of benzene rings is 1. The highest BCUT2D eigenvalue weighted by molar-refractivity contribution is 5.97. The zero-order valence-electron chi connectivity index (χ0n) is 11.3. The van der Waals surface area contributed by atoms with Gasteiger partial charge in [-0.3, -0.25) is 9.59 Å². The molecule has 0 bridgehead atoms. The molecule has 1 N–H and O–H groups in total. The van der Waals surface area contributed by atoms with E-state index in [1.165, 1.54) is 0 Å². The average Bonchev–Trinajstić information content (AvgIpc) is 2.45. The molecule has 0 aliphatic rings. The van der Waals surface area contributed by atoms with Crippen LogP contribution in [0.25, 0.3) is 0 Å². The second-order valence-electron chi connectivity index (χ2n) is 3.95. The van der Waals surface area contributed by atoms with Gasteiger partial charge >= 0.3 is 11.9 Å². The first kappa shape index (κ1) is 16.5. The summed E-state index contributed by atoms with van der Waals surface area (Å²) in [5, 5.41) is 2.13. The summed E-state index contributed by atoms with van der Waals surface area (Å²) in [6.45, 7) is 0. The highest BCUT2D eigenvalue weighted by Crippen LogP contribution is 2.10. The Morgan fingerprint density at radius 1 is 1.19 bits per heavy atom. The van der Waals surface area contributed by atoms with Crippen molar-refractivity contribution in [3.05, 3.63) is 35.4 Å². The minimum Gasteiger partial charge on any atom is -0.469 e.